The molecular weight excluding hydrogens is 336 g/mol. The summed E-state index contributed by atoms with van der Waals surface area (Å²) >= 11 is 0. The molecule has 0 amide bonds. The van der Waals surface area contributed by atoms with Crippen LogP contribution in [0.1, 0.15) is 20.7 Å². The Labute approximate surface area is 148 Å². The highest BCUT2D eigenvalue weighted by Crippen LogP contribution is 2.34. The van der Waals surface area contributed by atoms with E-state index in [1.54, 1.807) is 48.5 Å². The maximum atomic E-state index is 11.1. The molecule has 0 aliphatic carbocycles. The molecular formula is C20H14O6. The second kappa shape index (κ2) is 7.40. The number of carboxylic acid groups (broad SMARTS) is 2. The Morgan fingerprint density at radius 3 is 1.42 bits per heavy atom. The van der Waals surface area contributed by atoms with Crippen molar-refractivity contribution in [1.82, 2.24) is 0 Å². The Bertz CT molecular complexity index is 885. The van der Waals surface area contributed by atoms with Gasteiger partial charge in [-0.1, -0.05) is 24.3 Å². The molecule has 0 saturated heterocycles. The van der Waals surface area contributed by atoms with Crippen molar-refractivity contribution in [1.29, 1.82) is 0 Å². The molecule has 3 rings (SSSR count). The first kappa shape index (κ1) is 17.0. The van der Waals surface area contributed by atoms with Crippen LogP contribution in [0.4, 0.5) is 0 Å². The molecule has 0 atom stereocenters. The number of hydrogen-bond donors (Lipinski definition) is 2. The SMILES string of the molecule is O=C(O)c1cccc(Oc2ccccc2Oc2cccc(C(=O)O)c2)c1. The fourth-order valence-corrected chi connectivity index (χ4v) is 2.26. The number of rotatable bonds is 6. The highest BCUT2D eigenvalue weighted by Gasteiger charge is 2.10. The summed E-state index contributed by atoms with van der Waals surface area (Å²) in [7, 11) is 0. The number of ether oxygens (including phenoxy) is 2. The van der Waals surface area contributed by atoms with E-state index in [0.717, 1.165) is 0 Å². The van der Waals surface area contributed by atoms with Gasteiger partial charge in [-0.2, -0.15) is 0 Å². The summed E-state index contributed by atoms with van der Waals surface area (Å²) in [5, 5.41) is 18.1. The van der Waals surface area contributed by atoms with Gasteiger partial charge in [0.15, 0.2) is 11.5 Å². The molecule has 0 unspecified atom stereocenters. The van der Waals surface area contributed by atoms with E-state index in [1.807, 2.05) is 0 Å². The summed E-state index contributed by atoms with van der Waals surface area (Å²) in [6.45, 7) is 0. The molecule has 6 nitrogen and oxygen atoms in total. The third-order valence-electron chi connectivity index (χ3n) is 3.47. The van der Waals surface area contributed by atoms with Crippen molar-refractivity contribution >= 4 is 11.9 Å². The molecule has 0 bridgehead atoms. The van der Waals surface area contributed by atoms with Crippen LogP contribution in [-0.4, -0.2) is 22.2 Å². The monoisotopic (exact) mass is 350 g/mol. The Kier molecular flexibility index (Phi) is 4.85. The van der Waals surface area contributed by atoms with Crippen molar-refractivity contribution in [2.24, 2.45) is 0 Å². The van der Waals surface area contributed by atoms with E-state index in [-0.39, 0.29) is 11.1 Å². The summed E-state index contributed by atoms with van der Waals surface area (Å²) in [6.07, 6.45) is 0. The number of para-hydroxylation sites is 2. The highest BCUT2D eigenvalue weighted by molar-refractivity contribution is 5.88. The molecule has 0 heterocycles. The first-order chi connectivity index (χ1) is 12.5. The van der Waals surface area contributed by atoms with E-state index in [0.29, 0.717) is 23.0 Å². The molecule has 130 valence electrons. The van der Waals surface area contributed by atoms with Crippen LogP contribution in [0, 0.1) is 0 Å². The van der Waals surface area contributed by atoms with Gasteiger partial charge in [0.25, 0.3) is 0 Å². The van der Waals surface area contributed by atoms with Crippen molar-refractivity contribution in [3.8, 4) is 23.0 Å². The molecule has 3 aromatic rings. The Hall–Kier alpha value is -3.80. The number of benzene rings is 3. The third kappa shape index (κ3) is 3.99. The van der Waals surface area contributed by atoms with Crippen LogP contribution in [0.15, 0.2) is 72.8 Å². The van der Waals surface area contributed by atoms with Crippen LogP contribution in [0.25, 0.3) is 0 Å². The first-order valence-corrected chi connectivity index (χ1v) is 7.64. The van der Waals surface area contributed by atoms with E-state index in [4.69, 9.17) is 19.7 Å². The van der Waals surface area contributed by atoms with Crippen molar-refractivity contribution < 1.29 is 29.3 Å². The second-order valence-corrected chi connectivity index (χ2v) is 5.32. The number of carboxylic acids is 2. The minimum atomic E-state index is -1.05. The van der Waals surface area contributed by atoms with Crippen LogP contribution in [-0.2, 0) is 0 Å². The molecule has 0 aromatic heterocycles. The number of hydrogen-bond acceptors (Lipinski definition) is 4. The zero-order chi connectivity index (χ0) is 18.5. The van der Waals surface area contributed by atoms with Crippen molar-refractivity contribution in [3.05, 3.63) is 83.9 Å². The van der Waals surface area contributed by atoms with Gasteiger partial charge in [-0.15, -0.1) is 0 Å². The van der Waals surface area contributed by atoms with Gasteiger partial charge in [0.2, 0.25) is 0 Å². The Morgan fingerprint density at radius 2 is 1.04 bits per heavy atom. The second-order valence-electron chi connectivity index (χ2n) is 5.32. The predicted octanol–water partition coefficient (Wildman–Crippen LogP) is 4.67. The molecule has 3 aromatic carbocycles. The highest BCUT2D eigenvalue weighted by atomic mass is 16.5. The van der Waals surface area contributed by atoms with E-state index in [9.17, 15) is 9.59 Å². The largest absolute Gasteiger partial charge is 0.478 e. The third-order valence-corrected chi connectivity index (χ3v) is 3.47. The minimum Gasteiger partial charge on any atom is -0.478 e. The average Bonchev–Trinajstić information content (AvgIpc) is 2.64. The molecule has 26 heavy (non-hydrogen) atoms. The molecule has 0 radical (unpaired) electrons. The lowest BCUT2D eigenvalue weighted by atomic mass is 10.2. The fourth-order valence-electron chi connectivity index (χ4n) is 2.26. The summed E-state index contributed by atoms with van der Waals surface area (Å²) in [5.74, 6) is -0.664. The Balaban J connectivity index is 1.87. The van der Waals surface area contributed by atoms with Gasteiger partial charge in [0, 0.05) is 0 Å². The summed E-state index contributed by atoms with van der Waals surface area (Å²) in [6, 6.07) is 19.0. The van der Waals surface area contributed by atoms with Gasteiger partial charge in [-0.3, -0.25) is 0 Å². The summed E-state index contributed by atoms with van der Waals surface area (Å²) in [5.41, 5.74) is 0.213. The Morgan fingerprint density at radius 1 is 0.615 bits per heavy atom. The standard InChI is InChI=1S/C20H14O6/c21-19(22)13-5-3-7-15(11-13)25-17-9-1-2-10-18(17)26-16-8-4-6-14(12-16)20(23)24/h1-12H,(H,21,22)(H,23,24). The van der Waals surface area contributed by atoms with Crippen LogP contribution >= 0.6 is 0 Å². The van der Waals surface area contributed by atoms with Gasteiger partial charge >= 0.3 is 11.9 Å². The van der Waals surface area contributed by atoms with E-state index in [2.05, 4.69) is 0 Å². The topological polar surface area (TPSA) is 93.1 Å². The molecule has 0 aliphatic rings. The normalized spacial score (nSPS) is 10.2. The zero-order valence-electron chi connectivity index (χ0n) is 13.5. The summed E-state index contributed by atoms with van der Waals surface area (Å²) in [4.78, 5) is 22.1. The van der Waals surface area contributed by atoms with Crippen LogP contribution in [0.5, 0.6) is 23.0 Å². The molecule has 0 aliphatic heterocycles. The van der Waals surface area contributed by atoms with Gasteiger partial charge in [-0.25, -0.2) is 9.59 Å². The predicted molar refractivity (Wildman–Crippen MR) is 93.4 cm³/mol. The van der Waals surface area contributed by atoms with Gasteiger partial charge in [-0.05, 0) is 48.5 Å². The zero-order valence-corrected chi connectivity index (χ0v) is 13.5. The fraction of sp³-hybridized carbons (Fsp3) is 0. The lowest BCUT2D eigenvalue weighted by Crippen LogP contribution is -1.97. The van der Waals surface area contributed by atoms with E-state index >= 15 is 0 Å². The van der Waals surface area contributed by atoms with Gasteiger partial charge < -0.3 is 19.7 Å². The van der Waals surface area contributed by atoms with Crippen LogP contribution < -0.4 is 9.47 Å². The van der Waals surface area contributed by atoms with Crippen molar-refractivity contribution in [3.63, 3.8) is 0 Å². The van der Waals surface area contributed by atoms with Crippen LogP contribution in [0.3, 0.4) is 0 Å². The molecule has 0 saturated carbocycles. The van der Waals surface area contributed by atoms with Gasteiger partial charge in [0.1, 0.15) is 11.5 Å². The quantitative estimate of drug-likeness (QED) is 0.671. The minimum absolute atomic E-state index is 0.107. The van der Waals surface area contributed by atoms with E-state index < -0.39 is 11.9 Å². The van der Waals surface area contributed by atoms with Gasteiger partial charge in [0.05, 0.1) is 11.1 Å². The molecule has 2 N–H and O–H groups in total. The first-order valence-electron chi connectivity index (χ1n) is 7.64. The number of aromatic carboxylic acids is 2. The molecule has 0 spiro atoms. The summed E-state index contributed by atoms with van der Waals surface area (Å²) < 4.78 is 11.5. The van der Waals surface area contributed by atoms with Crippen LogP contribution in [0.2, 0.25) is 0 Å². The smallest absolute Gasteiger partial charge is 0.335 e. The lowest BCUT2D eigenvalue weighted by molar-refractivity contribution is 0.0685. The lowest BCUT2D eigenvalue weighted by Gasteiger charge is -2.12. The van der Waals surface area contributed by atoms with Crippen molar-refractivity contribution in [2.75, 3.05) is 0 Å². The molecule has 6 heteroatoms. The maximum absolute atomic E-state index is 11.1. The molecule has 0 fully saturated rings. The van der Waals surface area contributed by atoms with Crippen molar-refractivity contribution in [2.45, 2.75) is 0 Å². The maximum Gasteiger partial charge on any atom is 0.335 e. The van der Waals surface area contributed by atoms with E-state index in [1.165, 1.54) is 24.3 Å². The number of carbonyl (C=O) groups is 2. The average molecular weight is 350 g/mol.